The maximum Gasteiger partial charge on any atom is 0.355 e. The number of esters is 1. The third-order valence-electron chi connectivity index (χ3n) is 4.59. The van der Waals surface area contributed by atoms with Gasteiger partial charge in [-0.15, -0.1) is 0 Å². The molecule has 0 bridgehead atoms. The maximum absolute atomic E-state index is 13.5. The van der Waals surface area contributed by atoms with E-state index in [0.717, 1.165) is 6.07 Å². The summed E-state index contributed by atoms with van der Waals surface area (Å²) in [7, 11) is 1.18. The third kappa shape index (κ3) is 3.17. The highest BCUT2D eigenvalue weighted by molar-refractivity contribution is 6.15. The van der Waals surface area contributed by atoms with Gasteiger partial charge in [0.2, 0.25) is 5.95 Å². The molecule has 0 radical (unpaired) electrons. The maximum atomic E-state index is 13.5. The van der Waals surface area contributed by atoms with Crippen molar-refractivity contribution in [1.29, 1.82) is 0 Å². The number of methoxy groups -OCH3 is 1. The molecule has 1 N–H and O–H groups in total. The highest BCUT2D eigenvalue weighted by atomic mass is 16.6. The number of tetrazole rings is 1. The van der Waals surface area contributed by atoms with Gasteiger partial charge in [0.15, 0.2) is 5.78 Å². The number of nitrogens with zero attached hydrogens (tertiary/aromatic N) is 5. The van der Waals surface area contributed by atoms with Crippen molar-refractivity contribution in [3.8, 4) is 0 Å². The van der Waals surface area contributed by atoms with Gasteiger partial charge in [0.25, 0.3) is 5.69 Å². The zero-order valence-electron chi connectivity index (χ0n) is 15.6. The lowest BCUT2D eigenvalue weighted by molar-refractivity contribution is -0.384. The SMILES string of the molecule is COC(=O)C1=C(C(=O)c2cccc([N+](=O)[O-])c2)[C@@H](c2ccccc2)n2nnnc2N1. The topological polar surface area (TPSA) is 142 Å². The van der Waals surface area contributed by atoms with Crippen LogP contribution in [0.3, 0.4) is 0 Å². The van der Waals surface area contributed by atoms with E-state index >= 15 is 0 Å². The molecule has 2 aromatic carbocycles. The van der Waals surface area contributed by atoms with Crippen LogP contribution in [-0.4, -0.2) is 44.0 Å². The number of allylic oxidation sites excluding steroid dienone is 1. The van der Waals surface area contributed by atoms with Crippen LogP contribution in [0.2, 0.25) is 0 Å². The van der Waals surface area contributed by atoms with Crippen molar-refractivity contribution in [3.05, 3.63) is 87.1 Å². The Bertz CT molecular complexity index is 1190. The van der Waals surface area contributed by atoms with Crippen LogP contribution < -0.4 is 5.32 Å². The average Bonchev–Trinajstić information content (AvgIpc) is 3.25. The number of carbonyl (C=O) groups is 2. The van der Waals surface area contributed by atoms with Crippen LogP contribution in [0, 0.1) is 10.1 Å². The fraction of sp³-hybridized carbons (Fsp3) is 0.105. The van der Waals surface area contributed by atoms with Gasteiger partial charge < -0.3 is 10.1 Å². The number of rotatable bonds is 5. The minimum Gasteiger partial charge on any atom is -0.464 e. The van der Waals surface area contributed by atoms with Crippen molar-refractivity contribution < 1.29 is 19.2 Å². The molecule has 0 saturated heterocycles. The second kappa shape index (κ2) is 7.54. The van der Waals surface area contributed by atoms with Crippen LogP contribution >= 0.6 is 0 Å². The zero-order chi connectivity index (χ0) is 21.3. The number of benzene rings is 2. The summed E-state index contributed by atoms with van der Waals surface area (Å²) < 4.78 is 6.21. The highest BCUT2D eigenvalue weighted by Crippen LogP contribution is 2.36. The Balaban J connectivity index is 1.94. The van der Waals surface area contributed by atoms with E-state index in [0.29, 0.717) is 5.56 Å². The largest absolute Gasteiger partial charge is 0.464 e. The lowest BCUT2D eigenvalue weighted by Gasteiger charge is -2.28. The van der Waals surface area contributed by atoms with Crippen molar-refractivity contribution >= 4 is 23.4 Å². The first-order chi connectivity index (χ1) is 14.5. The number of non-ortho nitro benzene ring substituents is 1. The molecule has 1 aromatic heterocycles. The molecular weight excluding hydrogens is 392 g/mol. The molecule has 150 valence electrons. The molecule has 4 rings (SSSR count). The molecule has 0 saturated carbocycles. The summed E-state index contributed by atoms with van der Waals surface area (Å²) in [5.74, 6) is -1.24. The summed E-state index contributed by atoms with van der Waals surface area (Å²) in [5.41, 5.74) is 0.310. The first-order valence-electron chi connectivity index (χ1n) is 8.72. The van der Waals surface area contributed by atoms with Gasteiger partial charge in [0.05, 0.1) is 17.6 Å². The van der Waals surface area contributed by atoms with E-state index < -0.39 is 22.7 Å². The molecule has 1 atom stereocenters. The van der Waals surface area contributed by atoms with Gasteiger partial charge in [-0.05, 0) is 16.0 Å². The van der Waals surface area contributed by atoms with Crippen molar-refractivity contribution in [2.75, 3.05) is 12.4 Å². The predicted octanol–water partition coefficient (Wildman–Crippen LogP) is 1.91. The first-order valence-corrected chi connectivity index (χ1v) is 8.72. The van der Waals surface area contributed by atoms with Gasteiger partial charge in [-0.1, -0.05) is 47.6 Å². The van der Waals surface area contributed by atoms with E-state index in [9.17, 15) is 19.7 Å². The lowest BCUT2D eigenvalue weighted by atomic mass is 9.89. The molecule has 1 aliphatic rings. The van der Waals surface area contributed by atoms with Crippen molar-refractivity contribution in [1.82, 2.24) is 20.2 Å². The van der Waals surface area contributed by atoms with Crippen LogP contribution in [0.15, 0.2) is 65.9 Å². The fourth-order valence-corrected chi connectivity index (χ4v) is 3.25. The summed E-state index contributed by atoms with van der Waals surface area (Å²) in [6, 6.07) is 13.3. The number of nitrogens with one attached hydrogen (secondary N) is 1. The summed E-state index contributed by atoms with van der Waals surface area (Å²) in [5, 5.41) is 25.3. The number of aromatic nitrogens is 4. The molecular formula is C19H14N6O5. The lowest BCUT2D eigenvalue weighted by Crippen LogP contribution is -2.32. The quantitative estimate of drug-likeness (QED) is 0.291. The van der Waals surface area contributed by atoms with Crippen LogP contribution in [0.1, 0.15) is 22.0 Å². The molecule has 30 heavy (non-hydrogen) atoms. The van der Waals surface area contributed by atoms with E-state index in [4.69, 9.17) is 4.74 Å². The normalized spacial score (nSPS) is 15.2. The second-order valence-corrected chi connectivity index (χ2v) is 6.30. The van der Waals surface area contributed by atoms with Crippen molar-refractivity contribution in [3.63, 3.8) is 0 Å². The van der Waals surface area contributed by atoms with Crippen LogP contribution in [0.25, 0.3) is 0 Å². The third-order valence-corrected chi connectivity index (χ3v) is 4.59. The molecule has 0 fully saturated rings. The van der Waals surface area contributed by atoms with Crippen molar-refractivity contribution in [2.45, 2.75) is 6.04 Å². The molecule has 0 unspecified atom stereocenters. The molecule has 2 heterocycles. The Morgan fingerprint density at radius 1 is 1.17 bits per heavy atom. The van der Waals surface area contributed by atoms with E-state index in [1.807, 2.05) is 0 Å². The summed E-state index contributed by atoms with van der Waals surface area (Å²) in [4.78, 5) is 36.6. The Kier molecular flexibility index (Phi) is 4.76. The summed E-state index contributed by atoms with van der Waals surface area (Å²) in [6.45, 7) is 0. The summed E-state index contributed by atoms with van der Waals surface area (Å²) in [6.07, 6.45) is 0. The number of fused-ring (bicyclic) bond motifs is 1. The molecule has 1 aliphatic heterocycles. The van der Waals surface area contributed by atoms with Gasteiger partial charge in [-0.2, -0.15) is 4.68 Å². The molecule has 0 spiro atoms. The first kappa shape index (κ1) is 18.9. The smallest absolute Gasteiger partial charge is 0.355 e. The number of anilines is 1. The number of ketones is 1. The summed E-state index contributed by atoms with van der Waals surface area (Å²) >= 11 is 0. The number of nitro benzene ring substituents is 1. The van der Waals surface area contributed by atoms with Gasteiger partial charge in [-0.25, -0.2) is 4.79 Å². The molecule has 3 aromatic rings. The minimum atomic E-state index is -0.849. The van der Waals surface area contributed by atoms with E-state index in [-0.39, 0.29) is 28.5 Å². The predicted molar refractivity (Wildman–Crippen MR) is 102 cm³/mol. The van der Waals surface area contributed by atoms with Gasteiger partial charge in [0, 0.05) is 17.7 Å². The van der Waals surface area contributed by atoms with Crippen molar-refractivity contribution in [2.24, 2.45) is 0 Å². The number of carbonyl (C=O) groups excluding carboxylic acids is 2. The number of hydrogen-bond acceptors (Lipinski definition) is 9. The minimum absolute atomic E-state index is 0.00773. The molecule has 0 amide bonds. The monoisotopic (exact) mass is 406 g/mol. The number of nitro groups is 1. The number of Topliss-reactive ketones (excluding diaryl/α,β-unsaturated/α-hetero) is 1. The number of hydrogen-bond donors (Lipinski definition) is 1. The fourth-order valence-electron chi connectivity index (χ4n) is 3.25. The van der Waals surface area contributed by atoms with Crippen LogP contribution in [-0.2, 0) is 9.53 Å². The van der Waals surface area contributed by atoms with Gasteiger partial charge >= 0.3 is 5.97 Å². The van der Waals surface area contributed by atoms with Crippen LogP contribution in [0.5, 0.6) is 0 Å². The van der Waals surface area contributed by atoms with Gasteiger partial charge in [-0.3, -0.25) is 14.9 Å². The standard InChI is InChI=1S/C19H14N6O5/c1-30-18(27)15-14(17(26)12-8-5-9-13(10-12)25(28)29)16(11-6-3-2-4-7-11)24-19(20-15)21-22-23-24/h2-10,16H,1H3,(H,20,21,23)/t16-/m1/s1. The molecule has 11 nitrogen and oxygen atoms in total. The molecule has 11 heteroatoms. The highest BCUT2D eigenvalue weighted by Gasteiger charge is 2.38. The number of ether oxygens (including phenoxy) is 1. The zero-order valence-corrected chi connectivity index (χ0v) is 15.6. The van der Waals surface area contributed by atoms with E-state index in [1.54, 1.807) is 30.3 Å². The van der Waals surface area contributed by atoms with Crippen LogP contribution in [0.4, 0.5) is 11.6 Å². The Hall–Kier alpha value is -4.41. The Morgan fingerprint density at radius 2 is 1.93 bits per heavy atom. The average molecular weight is 406 g/mol. The second-order valence-electron chi connectivity index (χ2n) is 6.30. The van der Waals surface area contributed by atoms with Gasteiger partial charge in [0.1, 0.15) is 11.7 Å². The van der Waals surface area contributed by atoms with E-state index in [2.05, 4.69) is 20.8 Å². The Morgan fingerprint density at radius 3 is 2.63 bits per heavy atom. The van der Waals surface area contributed by atoms with E-state index in [1.165, 1.54) is 30.0 Å². The Labute approximate surface area is 169 Å². The molecule has 0 aliphatic carbocycles.